The van der Waals surface area contributed by atoms with Crippen LogP contribution in [0.5, 0.6) is 0 Å². The number of pyridine rings is 1. The van der Waals surface area contributed by atoms with Crippen LogP contribution in [-0.4, -0.2) is 53.7 Å². The highest BCUT2D eigenvalue weighted by atomic mass is 35.5. The van der Waals surface area contributed by atoms with Crippen LogP contribution in [0.25, 0.3) is 11.0 Å². The van der Waals surface area contributed by atoms with Crippen molar-refractivity contribution >= 4 is 44.2 Å². The van der Waals surface area contributed by atoms with Crippen molar-refractivity contribution in [3.8, 4) is 0 Å². The standard InChI is InChI=1S/C22H25ClN6.CH5NO2S/c1-13-6-18-17(11-29(13)19-8-20(23)27-21-16(19)4-5-24-21)22(26-12-25-18)28-9-14-2-3-15(7-14)10-28;1-5(2,3)4/h4-5,8,12-15H,2-3,6-7,9-11H2,1H3,(H,24,27);1H3,(H2,2,3,4)/t13?,14-,15?;/m1./s1. The number of anilines is 2. The van der Waals surface area contributed by atoms with E-state index in [1.807, 2.05) is 12.3 Å². The second kappa shape index (κ2) is 8.98. The Kier molecular flexibility index (Phi) is 6.16. The summed E-state index contributed by atoms with van der Waals surface area (Å²) in [6.07, 6.45) is 9.69. The van der Waals surface area contributed by atoms with E-state index in [9.17, 15) is 8.42 Å². The highest BCUT2D eigenvalue weighted by Crippen LogP contribution is 2.41. The largest absolute Gasteiger partial charge is 0.363 e. The number of halogens is 1. The van der Waals surface area contributed by atoms with Gasteiger partial charge in [0.1, 0.15) is 22.9 Å². The fourth-order valence-electron chi connectivity index (χ4n) is 5.70. The van der Waals surface area contributed by atoms with Crippen molar-refractivity contribution in [1.29, 1.82) is 0 Å². The van der Waals surface area contributed by atoms with Crippen molar-refractivity contribution in [3.05, 3.63) is 41.1 Å². The molecular formula is C23H30ClN7O2S. The van der Waals surface area contributed by atoms with Gasteiger partial charge in [-0.1, -0.05) is 11.6 Å². The molecule has 9 nitrogen and oxygen atoms in total. The minimum Gasteiger partial charge on any atom is -0.363 e. The second-order valence-electron chi connectivity index (χ2n) is 9.79. The van der Waals surface area contributed by atoms with Gasteiger partial charge in [-0.05, 0) is 50.2 Å². The van der Waals surface area contributed by atoms with Gasteiger partial charge in [0.2, 0.25) is 10.0 Å². The third-order valence-electron chi connectivity index (χ3n) is 7.05. The fraction of sp³-hybridized carbons (Fsp3) is 0.522. The highest BCUT2D eigenvalue weighted by Gasteiger charge is 2.36. The summed E-state index contributed by atoms with van der Waals surface area (Å²) in [4.78, 5) is 22.0. The molecule has 3 aliphatic rings. The van der Waals surface area contributed by atoms with E-state index in [0.717, 1.165) is 66.7 Å². The van der Waals surface area contributed by atoms with Crippen LogP contribution in [0.15, 0.2) is 24.7 Å². The van der Waals surface area contributed by atoms with Crippen LogP contribution in [-0.2, 0) is 23.0 Å². The summed E-state index contributed by atoms with van der Waals surface area (Å²) in [5.74, 6) is 2.81. The van der Waals surface area contributed by atoms with Gasteiger partial charge in [0.15, 0.2) is 0 Å². The lowest BCUT2D eigenvalue weighted by molar-refractivity contribution is 0.417. The molecule has 1 saturated heterocycles. The van der Waals surface area contributed by atoms with Gasteiger partial charge in [-0.3, -0.25) is 0 Å². The molecule has 1 aliphatic carbocycles. The highest BCUT2D eigenvalue weighted by molar-refractivity contribution is 7.88. The lowest BCUT2D eigenvalue weighted by Crippen LogP contribution is -2.42. The smallest absolute Gasteiger partial charge is 0.206 e. The van der Waals surface area contributed by atoms with E-state index in [1.54, 1.807) is 6.33 Å². The molecule has 3 aromatic rings. The van der Waals surface area contributed by atoms with Crippen LogP contribution in [0.1, 0.15) is 37.4 Å². The van der Waals surface area contributed by atoms with Gasteiger partial charge in [-0.2, -0.15) is 0 Å². The number of hydrogen-bond donors (Lipinski definition) is 2. The van der Waals surface area contributed by atoms with E-state index in [1.165, 1.54) is 30.5 Å². The van der Waals surface area contributed by atoms with Crippen LogP contribution >= 0.6 is 11.6 Å². The van der Waals surface area contributed by atoms with Gasteiger partial charge in [0, 0.05) is 49.2 Å². The summed E-state index contributed by atoms with van der Waals surface area (Å²) in [6, 6.07) is 4.41. The molecule has 2 fully saturated rings. The van der Waals surface area contributed by atoms with Crippen LogP contribution in [0, 0.1) is 11.8 Å². The molecule has 3 aromatic heterocycles. The molecule has 182 valence electrons. The monoisotopic (exact) mass is 503 g/mol. The molecule has 34 heavy (non-hydrogen) atoms. The third kappa shape index (κ3) is 4.85. The maximum absolute atomic E-state index is 9.41. The Balaban J connectivity index is 0.000000439. The Morgan fingerprint density at radius 1 is 1.21 bits per heavy atom. The maximum Gasteiger partial charge on any atom is 0.206 e. The van der Waals surface area contributed by atoms with Gasteiger partial charge in [0.05, 0.1) is 17.6 Å². The number of piperidine rings is 1. The zero-order chi connectivity index (χ0) is 24.0. The molecule has 5 heterocycles. The zero-order valence-corrected chi connectivity index (χ0v) is 21.0. The van der Waals surface area contributed by atoms with Crippen LogP contribution in [0.4, 0.5) is 11.5 Å². The Bertz CT molecular complexity index is 1290. The molecule has 3 N–H and O–H groups in total. The summed E-state index contributed by atoms with van der Waals surface area (Å²) in [6.45, 7) is 5.34. The van der Waals surface area contributed by atoms with Crippen LogP contribution in [0.3, 0.4) is 0 Å². The predicted molar refractivity (Wildman–Crippen MR) is 135 cm³/mol. The topological polar surface area (TPSA) is 121 Å². The van der Waals surface area contributed by atoms with E-state index in [4.69, 9.17) is 16.6 Å². The minimum absolute atomic E-state index is 0.333. The molecule has 2 aliphatic heterocycles. The van der Waals surface area contributed by atoms with Gasteiger partial charge < -0.3 is 14.8 Å². The van der Waals surface area contributed by atoms with Crippen molar-refractivity contribution < 1.29 is 8.42 Å². The number of nitrogens with one attached hydrogen (secondary N) is 1. The van der Waals surface area contributed by atoms with E-state index in [0.29, 0.717) is 11.2 Å². The summed E-state index contributed by atoms with van der Waals surface area (Å²) >= 11 is 6.35. The van der Waals surface area contributed by atoms with Crippen molar-refractivity contribution in [2.45, 2.75) is 45.2 Å². The van der Waals surface area contributed by atoms with E-state index in [-0.39, 0.29) is 0 Å². The first-order chi connectivity index (χ1) is 16.2. The SMILES string of the molecule is CC1Cc2ncnc(N3CC4CC[C@H](C4)C3)c2CN1c1cc(Cl)nc2[nH]ccc12.CS(N)(=O)=O. The average Bonchev–Trinajstić information content (AvgIpc) is 3.36. The summed E-state index contributed by atoms with van der Waals surface area (Å²) in [5, 5.41) is 5.96. The Morgan fingerprint density at radius 3 is 2.62 bits per heavy atom. The Labute approximate surface area is 204 Å². The van der Waals surface area contributed by atoms with E-state index >= 15 is 0 Å². The van der Waals surface area contributed by atoms with Gasteiger partial charge in [-0.25, -0.2) is 28.5 Å². The summed E-state index contributed by atoms with van der Waals surface area (Å²) in [7, 11) is -3.17. The van der Waals surface area contributed by atoms with E-state index < -0.39 is 10.0 Å². The number of primary sulfonamides is 1. The molecule has 0 spiro atoms. The number of aromatic amines is 1. The maximum atomic E-state index is 9.41. The minimum atomic E-state index is -3.17. The first kappa shape index (κ1) is 23.3. The second-order valence-corrected chi connectivity index (χ2v) is 11.8. The van der Waals surface area contributed by atoms with Gasteiger partial charge in [-0.15, -0.1) is 0 Å². The fourth-order valence-corrected chi connectivity index (χ4v) is 5.88. The Morgan fingerprint density at radius 2 is 1.91 bits per heavy atom. The first-order valence-electron chi connectivity index (χ1n) is 11.6. The predicted octanol–water partition coefficient (Wildman–Crippen LogP) is 3.10. The van der Waals surface area contributed by atoms with Crippen molar-refractivity contribution in [1.82, 2.24) is 19.9 Å². The van der Waals surface area contributed by atoms with Gasteiger partial charge >= 0.3 is 0 Å². The average molecular weight is 504 g/mol. The summed E-state index contributed by atoms with van der Waals surface area (Å²) < 4.78 is 18.8. The van der Waals surface area contributed by atoms with E-state index in [2.05, 4.69) is 42.9 Å². The number of sulfonamides is 1. The number of H-pyrrole nitrogens is 1. The molecule has 0 amide bonds. The number of aromatic nitrogens is 4. The Hall–Kier alpha value is -2.43. The van der Waals surface area contributed by atoms with Crippen molar-refractivity contribution in [3.63, 3.8) is 0 Å². The lowest BCUT2D eigenvalue weighted by atomic mass is 9.95. The molecule has 0 radical (unpaired) electrons. The number of nitrogens with zero attached hydrogens (tertiary/aromatic N) is 5. The number of fused-ring (bicyclic) bond motifs is 4. The summed E-state index contributed by atoms with van der Waals surface area (Å²) in [5.41, 5.74) is 4.45. The number of nitrogens with two attached hydrogens (primary N) is 1. The molecule has 2 unspecified atom stereocenters. The van der Waals surface area contributed by atoms with Crippen molar-refractivity contribution in [2.24, 2.45) is 17.0 Å². The number of rotatable bonds is 2. The lowest BCUT2D eigenvalue weighted by Gasteiger charge is -2.40. The third-order valence-corrected chi connectivity index (χ3v) is 7.25. The molecule has 0 aromatic carbocycles. The molecular weight excluding hydrogens is 474 g/mol. The van der Waals surface area contributed by atoms with Gasteiger partial charge in [0.25, 0.3) is 0 Å². The molecule has 3 atom stereocenters. The molecule has 1 saturated carbocycles. The first-order valence-corrected chi connectivity index (χ1v) is 13.9. The van der Waals surface area contributed by atoms with Crippen LogP contribution in [0.2, 0.25) is 5.15 Å². The normalized spacial score (nSPS) is 24.1. The molecule has 11 heteroatoms. The molecule has 6 rings (SSSR count). The van der Waals surface area contributed by atoms with Crippen LogP contribution < -0.4 is 14.9 Å². The molecule has 2 bridgehead atoms. The number of hydrogen-bond acceptors (Lipinski definition) is 7. The van der Waals surface area contributed by atoms with Crippen molar-refractivity contribution in [2.75, 3.05) is 29.1 Å². The quantitative estimate of drug-likeness (QED) is 0.515. The zero-order valence-electron chi connectivity index (χ0n) is 19.4.